The molecule has 2 fully saturated rings. The van der Waals surface area contributed by atoms with Crippen LogP contribution in [0.5, 0.6) is 57.5 Å². The molecule has 3 N–H and O–H groups in total. The number of pyridine rings is 2. The van der Waals surface area contributed by atoms with E-state index < -0.39 is 19.7 Å². The van der Waals surface area contributed by atoms with E-state index in [1.165, 1.54) is 18.7 Å². The van der Waals surface area contributed by atoms with E-state index in [0.717, 1.165) is 49.2 Å². The zero-order valence-electron chi connectivity index (χ0n) is 49.2. The number of aromatic nitrogens is 2. The topological polar surface area (TPSA) is 255 Å². The molecule has 0 saturated carbocycles. The first-order valence-electron chi connectivity index (χ1n) is 27.9. The van der Waals surface area contributed by atoms with Crippen molar-refractivity contribution in [1.29, 1.82) is 10.5 Å². The van der Waals surface area contributed by atoms with Gasteiger partial charge in [0.1, 0.15) is 23.6 Å². The summed E-state index contributed by atoms with van der Waals surface area (Å²) >= 11 is 5.76. The van der Waals surface area contributed by atoms with Crippen molar-refractivity contribution in [3.05, 3.63) is 145 Å². The van der Waals surface area contributed by atoms with Crippen molar-refractivity contribution in [3.63, 3.8) is 0 Å². The lowest BCUT2D eigenvalue weighted by molar-refractivity contribution is 0.254. The van der Waals surface area contributed by atoms with Crippen LogP contribution < -0.4 is 53.8 Å². The summed E-state index contributed by atoms with van der Waals surface area (Å²) in [7, 11) is 0.561. The summed E-state index contributed by atoms with van der Waals surface area (Å²) in [6, 6.07) is 41.4. The van der Waals surface area contributed by atoms with Crippen molar-refractivity contribution in [1.82, 2.24) is 20.2 Å². The van der Waals surface area contributed by atoms with Crippen LogP contribution in [0.1, 0.15) is 36.8 Å². The molecule has 2 aromatic heterocycles. The molecule has 456 valence electrons. The molecule has 2 unspecified atom stereocenters. The number of sulfone groups is 2. The van der Waals surface area contributed by atoms with Crippen molar-refractivity contribution < 1.29 is 54.7 Å². The largest absolute Gasteiger partial charge is 0.493 e. The maximum Gasteiger partial charge on any atom is 0.169 e. The second-order valence-corrected chi connectivity index (χ2v) is 25.3. The number of methoxy groups -OCH3 is 4. The van der Waals surface area contributed by atoms with Gasteiger partial charge in [-0.05, 0) is 124 Å². The zero-order valence-corrected chi connectivity index (χ0v) is 51.6. The van der Waals surface area contributed by atoms with E-state index >= 15 is 0 Å². The third kappa shape index (κ3) is 17.2. The molecule has 2 saturated heterocycles. The van der Waals surface area contributed by atoms with Crippen molar-refractivity contribution >= 4 is 75.8 Å². The summed E-state index contributed by atoms with van der Waals surface area (Å²) in [5, 5.41) is 30.3. The number of fused-ring (bicyclic) bond motifs is 2. The van der Waals surface area contributed by atoms with Crippen LogP contribution in [-0.2, 0) is 19.7 Å². The van der Waals surface area contributed by atoms with Crippen LogP contribution >= 0.6 is 11.6 Å². The Kier molecular flexibility index (Phi) is 22.5. The van der Waals surface area contributed by atoms with Gasteiger partial charge < -0.3 is 58.7 Å². The minimum Gasteiger partial charge on any atom is -0.493 e. The highest BCUT2D eigenvalue weighted by Crippen LogP contribution is 2.40. The first kappa shape index (κ1) is 64.2. The number of likely N-dealkylation sites (tertiary alicyclic amines) is 1. The average molecular weight is 1240 g/mol. The van der Waals surface area contributed by atoms with Gasteiger partial charge in [0.05, 0.1) is 85.7 Å². The maximum atomic E-state index is 11.8. The summed E-state index contributed by atoms with van der Waals surface area (Å²) in [5.74, 6) is 6.51. The number of para-hydroxylation sites is 4. The van der Waals surface area contributed by atoms with E-state index in [1.807, 2.05) is 109 Å². The molecule has 4 heterocycles. The molecule has 2 aliphatic heterocycles. The number of nitrogens with zero attached hydrogens (tertiary/aromatic N) is 5. The fourth-order valence-corrected chi connectivity index (χ4v) is 11.7. The summed E-state index contributed by atoms with van der Waals surface area (Å²) in [6.07, 6.45) is 8.58. The van der Waals surface area contributed by atoms with Gasteiger partial charge >= 0.3 is 0 Å². The molecule has 10 rings (SSSR count). The van der Waals surface area contributed by atoms with Gasteiger partial charge in [0.15, 0.2) is 65.7 Å². The number of hydrogen-bond donors (Lipinski definition) is 3. The van der Waals surface area contributed by atoms with Crippen molar-refractivity contribution in [2.45, 2.75) is 36.2 Å². The number of anilines is 4. The molecule has 8 aromatic rings. The minimum absolute atomic E-state index is 0.127. The summed E-state index contributed by atoms with van der Waals surface area (Å²) in [5.41, 5.74) is 4.87. The molecule has 6 aromatic carbocycles. The first-order valence-corrected chi connectivity index (χ1v) is 32.3. The van der Waals surface area contributed by atoms with Gasteiger partial charge in [0, 0.05) is 84.7 Å². The van der Waals surface area contributed by atoms with Crippen LogP contribution in [0.4, 0.5) is 22.7 Å². The highest BCUT2D eigenvalue weighted by Gasteiger charge is 2.30. The standard InChI is InChI=1S/C32H34N4O6S.C27H24ClN3O4.C5H11NO2S/c1-39-28-7-4-5-8-29(28)42-24-11-9-23(10-12-24)35-32-22(19-33)20-34-27-18-31(30(40-2)17-26(27)32)41-16-6-14-36-15-13-25(21-36)43(3,37)38;1-32-23-6-3-4-7-24(23)35-20-10-8-19(9-11-20)31-27-18(16-29)17-30-22-15-26(34-13-5-12-28)25(33-2)14-21(22)27;1-9(7,8)5-2-3-6-4-5/h4-5,7-12,17-18,20,25H,6,13-16,21H2,1-3H3,(H,34,35);3-4,6-11,14-15,17H,5,12-13H2,1-2H3,(H,30,31);5-6H,2-4H2,1H3. The molecule has 0 spiro atoms. The number of hydrogen-bond acceptors (Lipinski definition) is 20. The SMILES string of the molecule is COc1cc2c(Nc3ccc(Oc4ccccc4OC)cc3)c(C#N)cnc2cc1OCCCCl.COc1cc2c(Nc3ccc(Oc4ccccc4OC)cc3)c(C#N)cnc2cc1OCCCN1CCC(S(C)(=O)=O)C1.CS(=O)(=O)C1CCNC1. The Bertz CT molecular complexity index is 3960. The first-order chi connectivity index (χ1) is 42.0. The fourth-order valence-electron chi connectivity index (χ4n) is 9.60. The molecular formula is C64H69ClN8O12S2. The molecule has 0 radical (unpaired) electrons. The summed E-state index contributed by atoms with van der Waals surface area (Å²) < 4.78 is 90.9. The predicted molar refractivity (Wildman–Crippen MR) is 338 cm³/mol. The quantitative estimate of drug-likeness (QED) is 0.0397. The zero-order chi connectivity index (χ0) is 61.9. The molecule has 20 nitrogen and oxygen atoms in total. The van der Waals surface area contributed by atoms with E-state index in [-0.39, 0.29) is 10.5 Å². The third-order valence-corrected chi connectivity index (χ3v) is 17.7. The van der Waals surface area contributed by atoms with Gasteiger partial charge in [-0.15, -0.1) is 11.6 Å². The number of alkyl halides is 1. The number of ether oxygens (including phenoxy) is 8. The van der Waals surface area contributed by atoms with Gasteiger partial charge in [-0.2, -0.15) is 10.5 Å². The Morgan fingerprint density at radius 1 is 0.586 bits per heavy atom. The van der Waals surface area contributed by atoms with Crippen molar-refractivity contribution in [2.24, 2.45) is 0 Å². The van der Waals surface area contributed by atoms with Gasteiger partial charge in [-0.25, -0.2) is 16.8 Å². The number of nitriles is 2. The molecule has 2 aliphatic rings. The van der Waals surface area contributed by atoms with Crippen LogP contribution in [0.25, 0.3) is 21.8 Å². The van der Waals surface area contributed by atoms with Crippen LogP contribution in [-0.4, -0.2) is 135 Å². The van der Waals surface area contributed by atoms with E-state index in [9.17, 15) is 27.4 Å². The van der Waals surface area contributed by atoms with Crippen LogP contribution in [0.15, 0.2) is 134 Å². The van der Waals surface area contributed by atoms with E-state index in [0.29, 0.717) is 141 Å². The lowest BCUT2D eigenvalue weighted by atomic mass is 10.1. The normalized spacial score (nSPS) is 14.7. The molecule has 0 aliphatic carbocycles. The second kappa shape index (κ2) is 30.5. The van der Waals surface area contributed by atoms with Gasteiger partial charge in [-0.3, -0.25) is 9.97 Å². The molecule has 0 bridgehead atoms. The van der Waals surface area contributed by atoms with E-state index in [1.54, 1.807) is 46.8 Å². The molecule has 2 atom stereocenters. The lowest BCUT2D eigenvalue weighted by Crippen LogP contribution is -2.27. The Hall–Kier alpha value is -8.77. The number of benzene rings is 6. The van der Waals surface area contributed by atoms with Gasteiger partial charge in [-0.1, -0.05) is 24.3 Å². The fraction of sp³-hybridized carbons (Fsp3) is 0.312. The summed E-state index contributed by atoms with van der Waals surface area (Å²) in [6.45, 7) is 4.48. The number of rotatable bonds is 23. The Labute approximate surface area is 512 Å². The lowest BCUT2D eigenvalue weighted by Gasteiger charge is -2.17. The van der Waals surface area contributed by atoms with Gasteiger partial charge in [0.25, 0.3) is 0 Å². The number of halogens is 1. The number of nitrogens with one attached hydrogen (secondary N) is 3. The van der Waals surface area contributed by atoms with Crippen LogP contribution in [0.3, 0.4) is 0 Å². The van der Waals surface area contributed by atoms with Crippen LogP contribution in [0, 0.1) is 22.7 Å². The molecule has 87 heavy (non-hydrogen) atoms. The van der Waals surface area contributed by atoms with Gasteiger partial charge in [0.2, 0.25) is 0 Å². The molecule has 0 amide bonds. The van der Waals surface area contributed by atoms with Crippen molar-refractivity contribution in [3.8, 4) is 69.6 Å². The molecular weight excluding hydrogens is 1170 g/mol. The predicted octanol–water partition coefficient (Wildman–Crippen LogP) is 11.6. The monoisotopic (exact) mass is 1240 g/mol. The Morgan fingerprint density at radius 2 is 1.03 bits per heavy atom. The molecule has 23 heteroatoms. The minimum atomic E-state index is -3.02. The van der Waals surface area contributed by atoms with Crippen LogP contribution in [0.2, 0.25) is 0 Å². The van der Waals surface area contributed by atoms with E-state index in [2.05, 4.69) is 43.0 Å². The third-order valence-electron chi connectivity index (χ3n) is 14.3. The second-order valence-electron chi connectivity index (χ2n) is 20.2. The average Bonchev–Trinajstić information content (AvgIpc) is 3.24. The van der Waals surface area contributed by atoms with Crippen molar-refractivity contribution in [2.75, 3.05) is 103 Å². The van der Waals surface area contributed by atoms with E-state index in [4.69, 9.17) is 49.5 Å². The Morgan fingerprint density at radius 3 is 1.41 bits per heavy atom. The summed E-state index contributed by atoms with van der Waals surface area (Å²) in [4.78, 5) is 11.1. The maximum absolute atomic E-state index is 11.8. The highest BCUT2D eigenvalue weighted by molar-refractivity contribution is 7.91. The highest BCUT2D eigenvalue weighted by atomic mass is 35.5. The Balaban J connectivity index is 0.000000200. The smallest absolute Gasteiger partial charge is 0.169 e.